The molecule has 2 aromatic rings. The Labute approximate surface area is 143 Å². The van der Waals surface area contributed by atoms with Crippen LogP contribution in [-0.4, -0.2) is 25.7 Å². The summed E-state index contributed by atoms with van der Waals surface area (Å²) >= 11 is 0. The number of nitrogens with zero attached hydrogens (tertiary/aromatic N) is 3. The number of aromatic nitrogens is 2. The maximum Gasteiger partial charge on any atom is 0.163 e. The SMILES string of the molecule is CC[Si](CC)(CC)N(c1ccccc1)c1cn([Si](C)(C)C)cn1. The topological polar surface area (TPSA) is 21.1 Å². The summed E-state index contributed by atoms with van der Waals surface area (Å²) in [5.41, 5.74) is 1.30. The Morgan fingerprint density at radius 2 is 1.52 bits per heavy atom. The lowest BCUT2D eigenvalue weighted by atomic mass is 10.3. The molecular weight excluding hydrogens is 314 g/mol. The van der Waals surface area contributed by atoms with Crippen LogP contribution in [0.15, 0.2) is 42.9 Å². The van der Waals surface area contributed by atoms with Crippen LogP contribution in [0.4, 0.5) is 11.5 Å². The molecule has 23 heavy (non-hydrogen) atoms. The lowest BCUT2D eigenvalue weighted by Gasteiger charge is -2.41. The van der Waals surface area contributed by atoms with Gasteiger partial charge in [0, 0.05) is 11.9 Å². The lowest BCUT2D eigenvalue weighted by molar-refractivity contribution is 1.09. The molecule has 0 amide bonds. The predicted octanol–water partition coefficient (Wildman–Crippen LogP) is 5.71. The van der Waals surface area contributed by atoms with E-state index >= 15 is 0 Å². The zero-order chi connectivity index (χ0) is 17.1. The van der Waals surface area contributed by atoms with E-state index in [0.29, 0.717) is 0 Å². The second-order valence-electron chi connectivity index (χ2n) is 7.27. The summed E-state index contributed by atoms with van der Waals surface area (Å²) in [6.07, 6.45) is 4.32. The molecule has 5 heteroatoms. The van der Waals surface area contributed by atoms with Gasteiger partial charge in [-0.3, -0.25) is 0 Å². The highest BCUT2D eigenvalue weighted by Gasteiger charge is 2.37. The molecule has 126 valence electrons. The van der Waals surface area contributed by atoms with Gasteiger partial charge >= 0.3 is 0 Å². The number of para-hydroxylation sites is 1. The van der Waals surface area contributed by atoms with E-state index in [1.165, 1.54) is 23.8 Å². The first-order chi connectivity index (χ1) is 10.9. The van der Waals surface area contributed by atoms with E-state index in [9.17, 15) is 0 Å². The molecule has 0 spiro atoms. The molecule has 0 N–H and O–H groups in total. The van der Waals surface area contributed by atoms with Crippen molar-refractivity contribution in [3.8, 4) is 0 Å². The third-order valence-electron chi connectivity index (χ3n) is 5.04. The minimum atomic E-state index is -1.60. The number of benzene rings is 1. The maximum atomic E-state index is 4.83. The van der Waals surface area contributed by atoms with Gasteiger partial charge in [0.05, 0.1) is 6.33 Å². The van der Waals surface area contributed by atoms with Crippen LogP contribution in [0.3, 0.4) is 0 Å². The van der Waals surface area contributed by atoms with Crippen LogP contribution >= 0.6 is 0 Å². The van der Waals surface area contributed by atoms with Crippen molar-refractivity contribution >= 4 is 28.0 Å². The summed E-state index contributed by atoms with van der Waals surface area (Å²) < 4.78 is 4.96. The van der Waals surface area contributed by atoms with Crippen molar-refractivity contribution in [1.82, 2.24) is 9.22 Å². The van der Waals surface area contributed by atoms with Crippen molar-refractivity contribution in [2.24, 2.45) is 0 Å². The number of rotatable bonds is 7. The van der Waals surface area contributed by atoms with E-state index in [-0.39, 0.29) is 0 Å². The fourth-order valence-corrected chi connectivity index (χ4v) is 7.90. The first kappa shape index (κ1) is 18.0. The standard InChI is InChI=1S/C18H31N3Si2/c1-7-23(8-2,9-3)21(17-13-11-10-12-14-17)18-15-20(16-19-18)22(4,5)6/h10-16H,7-9H2,1-6H3. The molecule has 0 aliphatic carbocycles. The van der Waals surface area contributed by atoms with Gasteiger partial charge in [0.1, 0.15) is 5.82 Å². The molecule has 0 aliphatic rings. The zero-order valence-corrected chi connectivity index (χ0v) is 17.5. The Kier molecular flexibility index (Phi) is 5.52. The number of hydrogen-bond acceptors (Lipinski definition) is 2. The minimum Gasteiger partial charge on any atom is -0.363 e. The van der Waals surface area contributed by atoms with Crippen LogP contribution in [-0.2, 0) is 0 Å². The summed E-state index contributed by atoms with van der Waals surface area (Å²) in [6, 6.07) is 14.6. The van der Waals surface area contributed by atoms with Crippen molar-refractivity contribution < 1.29 is 0 Å². The van der Waals surface area contributed by atoms with Gasteiger partial charge in [-0.1, -0.05) is 58.6 Å². The summed E-state index contributed by atoms with van der Waals surface area (Å²) in [5, 5.41) is 0. The molecule has 0 saturated carbocycles. The largest absolute Gasteiger partial charge is 0.363 e. The van der Waals surface area contributed by atoms with Gasteiger partial charge in [0.2, 0.25) is 0 Å². The third kappa shape index (κ3) is 3.61. The average molecular weight is 346 g/mol. The fraction of sp³-hybridized carbons (Fsp3) is 0.500. The average Bonchev–Trinajstić information content (AvgIpc) is 3.03. The van der Waals surface area contributed by atoms with Crippen molar-refractivity contribution in [2.75, 3.05) is 4.57 Å². The Hall–Kier alpha value is -1.34. The number of anilines is 2. The van der Waals surface area contributed by atoms with Crippen LogP contribution in [0.2, 0.25) is 37.8 Å². The van der Waals surface area contributed by atoms with E-state index in [4.69, 9.17) is 4.98 Å². The normalized spacial score (nSPS) is 12.4. The molecule has 0 aliphatic heterocycles. The molecule has 0 radical (unpaired) electrons. The van der Waals surface area contributed by atoms with Gasteiger partial charge in [-0.05, 0) is 30.3 Å². The molecule has 2 rings (SSSR count). The quantitative estimate of drug-likeness (QED) is 0.599. The fourth-order valence-electron chi connectivity index (χ4n) is 3.25. The Morgan fingerprint density at radius 3 is 1.96 bits per heavy atom. The van der Waals surface area contributed by atoms with Crippen molar-refractivity contribution in [3.63, 3.8) is 0 Å². The van der Waals surface area contributed by atoms with Gasteiger partial charge in [-0.25, -0.2) is 4.98 Å². The molecule has 0 atom stereocenters. The van der Waals surface area contributed by atoms with E-state index in [0.717, 1.165) is 5.82 Å². The molecular formula is C18H31N3Si2. The summed E-state index contributed by atoms with van der Waals surface area (Å²) in [5.74, 6) is 1.14. The second kappa shape index (κ2) is 7.05. The van der Waals surface area contributed by atoms with Crippen molar-refractivity contribution in [1.29, 1.82) is 0 Å². The summed E-state index contributed by atoms with van der Waals surface area (Å²) in [7, 11) is -3.01. The second-order valence-corrected chi connectivity index (χ2v) is 17.1. The molecule has 0 unspecified atom stereocenters. The molecule has 0 saturated heterocycles. The van der Waals surface area contributed by atoms with Crippen LogP contribution in [0.1, 0.15) is 20.8 Å². The Morgan fingerprint density at radius 1 is 0.957 bits per heavy atom. The number of hydrogen-bond donors (Lipinski definition) is 0. The van der Waals surface area contributed by atoms with Gasteiger partial charge in [-0.2, -0.15) is 0 Å². The van der Waals surface area contributed by atoms with Gasteiger partial charge in [-0.15, -0.1) is 0 Å². The molecule has 0 fully saturated rings. The van der Waals surface area contributed by atoms with Gasteiger partial charge < -0.3 is 8.80 Å². The van der Waals surface area contributed by atoms with E-state index in [1.54, 1.807) is 0 Å². The van der Waals surface area contributed by atoms with Crippen LogP contribution in [0, 0.1) is 0 Å². The predicted molar refractivity (Wildman–Crippen MR) is 107 cm³/mol. The van der Waals surface area contributed by atoms with Gasteiger partial charge in [0.25, 0.3) is 0 Å². The van der Waals surface area contributed by atoms with Crippen LogP contribution in [0.25, 0.3) is 0 Å². The molecule has 1 aromatic heterocycles. The number of imidazole rings is 1. The lowest BCUT2D eigenvalue weighted by Crippen LogP contribution is -2.50. The highest BCUT2D eigenvalue weighted by atomic mass is 28.3. The Bertz CT molecular complexity index is 604. The van der Waals surface area contributed by atoms with Crippen molar-refractivity contribution in [3.05, 3.63) is 42.9 Å². The zero-order valence-electron chi connectivity index (χ0n) is 15.5. The minimum absolute atomic E-state index is 1.14. The first-order valence-corrected chi connectivity index (χ1v) is 14.8. The first-order valence-electron chi connectivity index (χ1n) is 8.77. The van der Waals surface area contributed by atoms with Crippen LogP contribution in [0.5, 0.6) is 0 Å². The molecule has 3 nitrogen and oxygen atoms in total. The highest BCUT2D eigenvalue weighted by Crippen LogP contribution is 2.36. The Balaban J connectivity index is 2.57. The van der Waals surface area contributed by atoms with E-state index in [1.807, 2.05) is 6.33 Å². The molecule has 1 aromatic carbocycles. The molecule has 0 bridgehead atoms. The van der Waals surface area contributed by atoms with Crippen molar-refractivity contribution in [2.45, 2.75) is 58.5 Å². The molecule has 1 heterocycles. The monoisotopic (exact) mass is 345 g/mol. The third-order valence-corrected chi connectivity index (χ3v) is 12.2. The van der Waals surface area contributed by atoms with Gasteiger partial charge in [0.15, 0.2) is 16.5 Å². The smallest absolute Gasteiger partial charge is 0.163 e. The van der Waals surface area contributed by atoms with E-state index < -0.39 is 16.5 Å². The van der Waals surface area contributed by atoms with E-state index in [2.05, 4.69) is 85.7 Å². The summed E-state index contributed by atoms with van der Waals surface area (Å²) in [6.45, 7) is 14.1. The van der Waals surface area contributed by atoms with Crippen LogP contribution < -0.4 is 4.57 Å². The maximum absolute atomic E-state index is 4.83. The highest BCUT2D eigenvalue weighted by molar-refractivity contribution is 6.84. The summed E-state index contributed by atoms with van der Waals surface area (Å²) in [4.78, 5) is 4.83.